The van der Waals surface area contributed by atoms with Crippen LogP contribution in [0.2, 0.25) is 5.02 Å². The summed E-state index contributed by atoms with van der Waals surface area (Å²) in [6, 6.07) is 11.1. The van der Waals surface area contributed by atoms with Gasteiger partial charge in [-0.25, -0.2) is 0 Å². The van der Waals surface area contributed by atoms with E-state index in [0.717, 1.165) is 0 Å². The van der Waals surface area contributed by atoms with Crippen LogP contribution >= 0.6 is 11.6 Å². The molecule has 0 radical (unpaired) electrons. The van der Waals surface area contributed by atoms with Crippen molar-refractivity contribution in [1.82, 2.24) is 10.9 Å². The molecular weight excluding hydrogens is 308 g/mol. The summed E-state index contributed by atoms with van der Waals surface area (Å²) in [5.41, 5.74) is 5.40. The molecule has 0 aliphatic carbocycles. The quantitative estimate of drug-likeness (QED) is 0.832. The van der Waals surface area contributed by atoms with Crippen molar-refractivity contribution in [3.8, 4) is 11.5 Å². The van der Waals surface area contributed by atoms with Crippen LogP contribution in [0, 0.1) is 0 Å². The Labute approximate surface area is 131 Å². The molecule has 0 saturated heterocycles. The molecule has 3 rings (SSSR count). The Bertz CT molecular complexity index is 731. The number of carbonyl (C=O) groups excluding carboxylic acids is 2. The predicted octanol–water partition coefficient (Wildman–Crippen LogP) is 2.14. The Morgan fingerprint density at radius 1 is 0.864 bits per heavy atom. The van der Waals surface area contributed by atoms with Crippen LogP contribution < -0.4 is 20.3 Å². The summed E-state index contributed by atoms with van der Waals surface area (Å²) in [7, 11) is 0. The maximum Gasteiger partial charge on any atom is 0.269 e. The molecule has 0 bridgehead atoms. The summed E-state index contributed by atoms with van der Waals surface area (Å²) in [5.74, 6) is 0.185. The smallest absolute Gasteiger partial charge is 0.269 e. The molecule has 0 fully saturated rings. The van der Waals surface area contributed by atoms with Crippen LogP contribution in [-0.4, -0.2) is 18.6 Å². The first-order valence-corrected chi connectivity index (χ1v) is 6.77. The van der Waals surface area contributed by atoms with Gasteiger partial charge >= 0.3 is 0 Å². The minimum atomic E-state index is -0.458. The van der Waals surface area contributed by atoms with E-state index in [2.05, 4.69) is 10.9 Å². The van der Waals surface area contributed by atoms with Gasteiger partial charge in [0.05, 0.1) is 0 Å². The maximum absolute atomic E-state index is 12.0. The molecule has 2 amide bonds. The highest BCUT2D eigenvalue weighted by Gasteiger charge is 2.16. The molecule has 1 aliphatic rings. The minimum absolute atomic E-state index is 0.133. The van der Waals surface area contributed by atoms with E-state index in [1.165, 1.54) is 0 Å². The molecule has 0 atom stereocenters. The number of hydrogen-bond acceptors (Lipinski definition) is 4. The highest BCUT2D eigenvalue weighted by molar-refractivity contribution is 6.30. The zero-order valence-corrected chi connectivity index (χ0v) is 12.0. The van der Waals surface area contributed by atoms with Crippen LogP contribution in [0.5, 0.6) is 11.5 Å². The van der Waals surface area contributed by atoms with E-state index in [4.69, 9.17) is 21.1 Å². The standard InChI is InChI=1S/C15H11ClN2O4/c16-11-4-1-9(2-5-11)14(19)17-18-15(20)10-3-6-12-13(7-10)22-8-21-12/h1-7H,8H2,(H,17,19)(H,18,20). The number of hydrazine groups is 1. The Kier molecular flexibility index (Phi) is 3.84. The largest absolute Gasteiger partial charge is 0.454 e. The van der Waals surface area contributed by atoms with Crippen molar-refractivity contribution in [3.63, 3.8) is 0 Å². The summed E-state index contributed by atoms with van der Waals surface area (Å²) < 4.78 is 10.4. The number of carbonyl (C=O) groups is 2. The van der Waals surface area contributed by atoms with Crippen molar-refractivity contribution in [3.05, 3.63) is 58.6 Å². The minimum Gasteiger partial charge on any atom is -0.454 e. The second kappa shape index (κ2) is 5.95. The molecule has 22 heavy (non-hydrogen) atoms. The first-order chi connectivity index (χ1) is 10.6. The number of benzene rings is 2. The van der Waals surface area contributed by atoms with Gasteiger partial charge in [0.25, 0.3) is 11.8 Å². The monoisotopic (exact) mass is 318 g/mol. The van der Waals surface area contributed by atoms with Crippen LogP contribution in [-0.2, 0) is 0 Å². The second-order valence-electron chi connectivity index (χ2n) is 4.48. The molecule has 2 aromatic carbocycles. The van der Waals surface area contributed by atoms with Crippen molar-refractivity contribution in [2.75, 3.05) is 6.79 Å². The van der Waals surface area contributed by atoms with Crippen molar-refractivity contribution in [1.29, 1.82) is 0 Å². The zero-order chi connectivity index (χ0) is 15.5. The fraction of sp³-hybridized carbons (Fsp3) is 0.0667. The van der Waals surface area contributed by atoms with Crippen LogP contribution in [0.3, 0.4) is 0 Å². The van der Waals surface area contributed by atoms with Gasteiger partial charge in [0.1, 0.15) is 0 Å². The van der Waals surface area contributed by atoms with Crippen LogP contribution in [0.15, 0.2) is 42.5 Å². The van der Waals surface area contributed by atoms with Crippen molar-refractivity contribution in [2.24, 2.45) is 0 Å². The molecule has 112 valence electrons. The Balaban J connectivity index is 1.62. The van der Waals surface area contributed by atoms with Gasteiger partial charge in [-0.3, -0.25) is 20.4 Å². The lowest BCUT2D eigenvalue weighted by Gasteiger charge is -2.08. The van der Waals surface area contributed by atoms with Gasteiger partial charge in [0.15, 0.2) is 11.5 Å². The molecule has 0 aromatic heterocycles. The number of rotatable bonds is 2. The number of nitrogens with one attached hydrogen (secondary N) is 2. The van der Waals surface area contributed by atoms with E-state index in [1.54, 1.807) is 42.5 Å². The first-order valence-electron chi connectivity index (χ1n) is 6.39. The molecule has 1 heterocycles. The lowest BCUT2D eigenvalue weighted by atomic mass is 10.2. The molecule has 0 spiro atoms. The van der Waals surface area contributed by atoms with Crippen LogP contribution in [0.1, 0.15) is 20.7 Å². The molecule has 6 nitrogen and oxygen atoms in total. The third kappa shape index (κ3) is 2.96. The lowest BCUT2D eigenvalue weighted by Crippen LogP contribution is -2.41. The summed E-state index contributed by atoms with van der Waals surface area (Å²) in [4.78, 5) is 23.9. The Hall–Kier alpha value is -2.73. The van der Waals surface area contributed by atoms with Gasteiger partial charge in [-0.2, -0.15) is 0 Å². The molecule has 2 aromatic rings. The van der Waals surface area contributed by atoms with E-state index in [9.17, 15) is 9.59 Å². The van der Waals surface area contributed by atoms with E-state index in [0.29, 0.717) is 27.6 Å². The molecule has 7 heteroatoms. The van der Waals surface area contributed by atoms with E-state index in [-0.39, 0.29) is 6.79 Å². The third-order valence-corrected chi connectivity index (χ3v) is 3.28. The SMILES string of the molecule is O=C(NNC(=O)c1ccc2c(c1)OCO2)c1ccc(Cl)cc1. The normalized spacial score (nSPS) is 11.9. The van der Waals surface area contributed by atoms with Gasteiger partial charge in [-0.1, -0.05) is 11.6 Å². The fourth-order valence-corrected chi connectivity index (χ4v) is 2.02. The zero-order valence-electron chi connectivity index (χ0n) is 11.3. The Morgan fingerprint density at radius 2 is 1.45 bits per heavy atom. The summed E-state index contributed by atoms with van der Waals surface area (Å²) in [6.07, 6.45) is 0. The van der Waals surface area contributed by atoms with Gasteiger partial charge in [0, 0.05) is 16.1 Å². The highest BCUT2D eigenvalue weighted by atomic mass is 35.5. The molecular formula is C15H11ClN2O4. The van der Waals surface area contributed by atoms with Crippen LogP contribution in [0.4, 0.5) is 0 Å². The van der Waals surface area contributed by atoms with Crippen LogP contribution in [0.25, 0.3) is 0 Å². The van der Waals surface area contributed by atoms with E-state index >= 15 is 0 Å². The number of halogens is 1. The molecule has 0 unspecified atom stereocenters. The number of hydrogen-bond donors (Lipinski definition) is 2. The van der Waals surface area contributed by atoms with Gasteiger partial charge in [0.2, 0.25) is 6.79 Å². The van der Waals surface area contributed by atoms with E-state index in [1.807, 2.05) is 0 Å². The number of ether oxygens (including phenoxy) is 2. The first kappa shape index (κ1) is 14.2. The van der Waals surface area contributed by atoms with Gasteiger partial charge < -0.3 is 9.47 Å². The highest BCUT2D eigenvalue weighted by Crippen LogP contribution is 2.32. The average molecular weight is 319 g/mol. The summed E-state index contributed by atoms with van der Waals surface area (Å²) >= 11 is 5.75. The fourth-order valence-electron chi connectivity index (χ4n) is 1.90. The van der Waals surface area contributed by atoms with Crippen molar-refractivity contribution >= 4 is 23.4 Å². The molecule has 2 N–H and O–H groups in total. The van der Waals surface area contributed by atoms with Crippen molar-refractivity contribution in [2.45, 2.75) is 0 Å². The maximum atomic E-state index is 12.0. The van der Waals surface area contributed by atoms with E-state index < -0.39 is 11.8 Å². The van der Waals surface area contributed by atoms with Crippen molar-refractivity contribution < 1.29 is 19.1 Å². The third-order valence-electron chi connectivity index (χ3n) is 3.03. The Morgan fingerprint density at radius 3 is 2.18 bits per heavy atom. The number of amides is 2. The van der Waals surface area contributed by atoms with Gasteiger partial charge in [-0.15, -0.1) is 0 Å². The summed E-state index contributed by atoms with van der Waals surface area (Å²) in [5, 5.41) is 0.529. The van der Waals surface area contributed by atoms with Gasteiger partial charge in [-0.05, 0) is 42.5 Å². The molecule has 0 saturated carbocycles. The molecule has 1 aliphatic heterocycles. The summed E-state index contributed by atoms with van der Waals surface area (Å²) in [6.45, 7) is 0.133. The topological polar surface area (TPSA) is 76.7 Å². The second-order valence-corrected chi connectivity index (χ2v) is 4.92. The lowest BCUT2D eigenvalue weighted by molar-refractivity contribution is 0.0846. The average Bonchev–Trinajstić information content (AvgIpc) is 3.00. The predicted molar refractivity (Wildman–Crippen MR) is 78.9 cm³/mol. The number of fused-ring (bicyclic) bond motifs is 1.